The van der Waals surface area contributed by atoms with E-state index in [-0.39, 0.29) is 6.04 Å². The van der Waals surface area contributed by atoms with Crippen molar-refractivity contribution in [2.45, 2.75) is 47.6 Å². The average molecular weight is 320 g/mol. The Morgan fingerprint density at radius 2 is 2.00 bits per heavy atom. The lowest BCUT2D eigenvalue weighted by atomic mass is 10.0. The van der Waals surface area contributed by atoms with Crippen molar-refractivity contribution >= 4 is 28.8 Å². The maximum absolute atomic E-state index is 6.06. The molecule has 0 aliphatic carbocycles. The first-order valence-electron chi connectivity index (χ1n) is 7.57. The summed E-state index contributed by atoms with van der Waals surface area (Å²) in [7, 11) is 0. The van der Waals surface area contributed by atoms with Gasteiger partial charge in [-0.3, -0.25) is 0 Å². The van der Waals surface area contributed by atoms with Crippen LogP contribution >= 0.6 is 11.6 Å². The lowest BCUT2D eigenvalue weighted by Gasteiger charge is -2.34. The van der Waals surface area contributed by atoms with E-state index in [9.17, 15) is 0 Å². The van der Waals surface area contributed by atoms with Gasteiger partial charge in [0.05, 0.1) is 11.7 Å². The fourth-order valence-corrected chi connectivity index (χ4v) is 2.38. The fourth-order valence-electron chi connectivity index (χ4n) is 2.22. The maximum atomic E-state index is 6.06. The lowest BCUT2D eigenvalue weighted by molar-refractivity contribution is 0.332. The molecule has 1 aliphatic rings. The lowest BCUT2D eigenvalue weighted by Crippen LogP contribution is -2.35. The van der Waals surface area contributed by atoms with E-state index in [1.165, 1.54) is 5.56 Å². The van der Waals surface area contributed by atoms with Gasteiger partial charge in [0.2, 0.25) is 0 Å². The van der Waals surface area contributed by atoms with Crippen LogP contribution in [0, 0.1) is 5.92 Å². The third kappa shape index (κ3) is 4.44. The van der Waals surface area contributed by atoms with Gasteiger partial charge in [-0.25, -0.2) is 10.0 Å². The third-order valence-corrected chi connectivity index (χ3v) is 3.34. The molecule has 1 aromatic carbocycles. The molecular formula is C18H26ClN3. The van der Waals surface area contributed by atoms with Gasteiger partial charge < -0.3 is 0 Å². The van der Waals surface area contributed by atoms with E-state index in [4.69, 9.17) is 16.6 Å². The Morgan fingerprint density at radius 1 is 1.41 bits per heavy atom. The molecule has 0 aromatic heterocycles. The molecule has 4 heteroatoms. The normalized spacial score (nSPS) is 16.3. The molecule has 1 heterocycles. The summed E-state index contributed by atoms with van der Waals surface area (Å²) < 4.78 is 0. The number of benzene rings is 1. The molecule has 1 unspecified atom stereocenters. The summed E-state index contributed by atoms with van der Waals surface area (Å²) >= 11 is 6.06. The minimum Gasteiger partial charge on any atom is -0.244 e. The van der Waals surface area contributed by atoms with Crippen molar-refractivity contribution in [3.8, 4) is 0 Å². The van der Waals surface area contributed by atoms with Gasteiger partial charge in [0.25, 0.3) is 0 Å². The van der Waals surface area contributed by atoms with Crippen LogP contribution in [0.15, 0.2) is 40.9 Å². The number of aliphatic imine (C=N–C) groups is 1. The van der Waals surface area contributed by atoms with Gasteiger partial charge in [-0.2, -0.15) is 5.10 Å². The number of fused-ring (bicyclic) bond motifs is 1. The Hall–Kier alpha value is -1.61. The summed E-state index contributed by atoms with van der Waals surface area (Å²) in [5.41, 5.74) is 3.15. The smallest absolute Gasteiger partial charge is 0.128 e. The van der Waals surface area contributed by atoms with Crippen LogP contribution < -0.4 is 0 Å². The number of hydrogen-bond acceptors (Lipinski definition) is 3. The molecule has 0 saturated heterocycles. The van der Waals surface area contributed by atoms with Crippen molar-refractivity contribution in [3.63, 3.8) is 0 Å². The van der Waals surface area contributed by atoms with E-state index in [1.807, 2.05) is 44.0 Å². The van der Waals surface area contributed by atoms with Crippen molar-refractivity contribution in [2.24, 2.45) is 16.0 Å². The van der Waals surface area contributed by atoms with Crippen LogP contribution in [-0.4, -0.2) is 16.6 Å². The molecule has 1 atom stereocenters. The maximum Gasteiger partial charge on any atom is 0.128 e. The molecule has 120 valence electrons. The summed E-state index contributed by atoms with van der Waals surface area (Å²) in [5.74, 6) is 1.31. The predicted molar refractivity (Wildman–Crippen MR) is 98.3 cm³/mol. The van der Waals surface area contributed by atoms with Gasteiger partial charge in [0.1, 0.15) is 5.84 Å². The zero-order valence-electron chi connectivity index (χ0n) is 14.4. The number of nitrogens with zero attached hydrogens (tertiary/aromatic N) is 3. The van der Waals surface area contributed by atoms with Gasteiger partial charge in [-0.05, 0) is 39.8 Å². The fraction of sp³-hybridized carbons (Fsp3) is 0.444. The Labute approximate surface area is 139 Å². The predicted octanol–water partition coefficient (Wildman–Crippen LogP) is 5.99. The zero-order chi connectivity index (χ0) is 16.9. The van der Waals surface area contributed by atoms with Crippen LogP contribution in [0.5, 0.6) is 0 Å². The Kier molecular flexibility index (Phi) is 6.82. The molecule has 1 aliphatic heterocycles. The number of rotatable bonds is 2. The molecule has 0 radical (unpaired) electrons. The van der Waals surface area contributed by atoms with Gasteiger partial charge in [-0.15, -0.1) is 6.58 Å². The second-order valence-corrected chi connectivity index (χ2v) is 6.24. The Morgan fingerprint density at radius 3 is 2.50 bits per heavy atom. The van der Waals surface area contributed by atoms with Gasteiger partial charge in [-0.1, -0.05) is 37.6 Å². The minimum atomic E-state index is 0.178. The number of allylic oxidation sites excluding steroid dienone is 1. The minimum absolute atomic E-state index is 0.178. The van der Waals surface area contributed by atoms with E-state index < -0.39 is 0 Å². The molecule has 22 heavy (non-hydrogen) atoms. The summed E-state index contributed by atoms with van der Waals surface area (Å²) in [6, 6.07) is 6.05. The molecule has 0 amide bonds. The molecular weight excluding hydrogens is 294 g/mol. The highest BCUT2D eigenvalue weighted by atomic mass is 35.5. The number of hydrogen-bond donors (Lipinski definition) is 0. The molecule has 0 fully saturated rings. The summed E-state index contributed by atoms with van der Waals surface area (Å²) in [6.45, 7) is 15.7. The molecule has 2 rings (SSSR count). The van der Waals surface area contributed by atoms with Crippen molar-refractivity contribution in [1.29, 1.82) is 0 Å². The van der Waals surface area contributed by atoms with Crippen molar-refractivity contribution in [3.05, 3.63) is 41.4 Å². The van der Waals surface area contributed by atoms with E-state index in [0.717, 1.165) is 22.3 Å². The Bertz CT molecular complexity index is 584. The van der Waals surface area contributed by atoms with Crippen LogP contribution in [-0.2, 0) is 0 Å². The van der Waals surface area contributed by atoms with Gasteiger partial charge >= 0.3 is 0 Å². The molecule has 3 nitrogen and oxygen atoms in total. The van der Waals surface area contributed by atoms with Crippen LogP contribution in [0.2, 0.25) is 5.02 Å². The molecule has 0 spiro atoms. The first-order chi connectivity index (χ1) is 10.3. The summed E-state index contributed by atoms with van der Waals surface area (Å²) in [6.07, 6.45) is 1.75. The van der Waals surface area contributed by atoms with Crippen LogP contribution in [0.3, 0.4) is 0 Å². The van der Waals surface area contributed by atoms with E-state index in [0.29, 0.717) is 5.92 Å². The van der Waals surface area contributed by atoms with Crippen LogP contribution in [0.1, 0.15) is 53.1 Å². The highest BCUT2D eigenvalue weighted by Gasteiger charge is 2.28. The van der Waals surface area contributed by atoms with E-state index >= 15 is 0 Å². The molecule has 0 saturated carbocycles. The van der Waals surface area contributed by atoms with E-state index in [1.54, 1.807) is 6.08 Å². The highest BCUT2D eigenvalue weighted by Crippen LogP contribution is 2.37. The van der Waals surface area contributed by atoms with Gasteiger partial charge in [0, 0.05) is 22.2 Å². The highest BCUT2D eigenvalue weighted by molar-refractivity contribution is 6.30. The van der Waals surface area contributed by atoms with Crippen molar-refractivity contribution in [1.82, 2.24) is 5.01 Å². The Balaban J connectivity index is 0.000000745. The van der Waals surface area contributed by atoms with Gasteiger partial charge in [0.15, 0.2) is 0 Å². The van der Waals surface area contributed by atoms with Crippen molar-refractivity contribution < 1.29 is 0 Å². The quantitative estimate of drug-likeness (QED) is 0.486. The largest absolute Gasteiger partial charge is 0.244 e. The van der Waals surface area contributed by atoms with Crippen LogP contribution in [0.25, 0.3) is 0 Å². The van der Waals surface area contributed by atoms with Crippen LogP contribution in [0.4, 0.5) is 5.69 Å². The average Bonchev–Trinajstić information content (AvgIpc) is 2.41. The number of amidine groups is 1. The topological polar surface area (TPSA) is 28.0 Å². The summed E-state index contributed by atoms with van der Waals surface area (Å²) in [4.78, 5) is 4.74. The van der Waals surface area contributed by atoms with Crippen molar-refractivity contribution in [2.75, 3.05) is 0 Å². The zero-order valence-corrected chi connectivity index (χ0v) is 15.1. The monoisotopic (exact) mass is 319 g/mol. The van der Waals surface area contributed by atoms with E-state index in [2.05, 4.69) is 32.5 Å². The second kappa shape index (κ2) is 8.14. The summed E-state index contributed by atoms with van der Waals surface area (Å²) in [5, 5.41) is 7.38. The first kappa shape index (κ1) is 18.4. The number of halogens is 1. The number of hydrazone groups is 1. The standard InChI is InChI=1S/C15H20ClN3.C3H6/c1-9(2)15-17-14-8-12(16)6-7-13(14)11(5)19(15)18-10(3)4;1-3-2/h6-9,11H,1-5H3;3H,1H2,2H3. The molecule has 1 aromatic rings. The SMILES string of the molecule is C=CC.CC(C)=NN1C(C(C)C)=Nc2cc(Cl)ccc2C1C. The molecule has 0 N–H and O–H groups in total. The molecule has 0 bridgehead atoms. The first-order valence-corrected chi connectivity index (χ1v) is 7.95. The third-order valence-electron chi connectivity index (χ3n) is 3.10. The second-order valence-electron chi connectivity index (χ2n) is 5.80.